The molecule has 14 heteroatoms. The summed E-state index contributed by atoms with van der Waals surface area (Å²) in [4.78, 5) is 52.4. The van der Waals surface area contributed by atoms with Gasteiger partial charge < -0.3 is 54.4 Å². The molecule has 4 unspecified atom stereocenters. The van der Waals surface area contributed by atoms with Gasteiger partial charge >= 0.3 is 5.97 Å². The number of carboxylic acids is 2. The Kier molecular flexibility index (Phi) is 14.8. The number of aliphatic carboxylic acids is 2. The summed E-state index contributed by atoms with van der Waals surface area (Å²) in [6.07, 6.45) is 10.8. The third-order valence-corrected chi connectivity index (χ3v) is 12.7. The van der Waals surface area contributed by atoms with E-state index in [2.05, 4.69) is 39.8 Å². The van der Waals surface area contributed by atoms with Gasteiger partial charge in [-0.05, 0) is 54.7 Å². The molecule has 6 heterocycles. The molecule has 6 aliphatic rings. The van der Waals surface area contributed by atoms with Gasteiger partial charge in [-0.25, -0.2) is 0 Å². The van der Waals surface area contributed by atoms with Crippen LogP contribution < -0.4 is 30.1 Å². The largest absolute Gasteiger partial charge is 0.550 e. The summed E-state index contributed by atoms with van der Waals surface area (Å²) in [6.45, 7) is 5.90. The number of hydrogen-bond donors (Lipinski definition) is 4. The maximum Gasteiger partial charge on any atom is 0.310 e. The highest BCUT2D eigenvalue weighted by atomic mass is 16.5. The molecule has 0 aromatic heterocycles. The molecule has 0 radical (unpaired) electrons. The normalized spacial score (nSPS) is 30.5. The van der Waals surface area contributed by atoms with E-state index in [4.69, 9.17) is 18.9 Å². The van der Waals surface area contributed by atoms with Crippen LogP contribution in [0.4, 0.5) is 0 Å². The highest BCUT2D eigenvalue weighted by Crippen LogP contribution is 2.40. The number of hydrogen-bond acceptors (Lipinski definition) is 10. The van der Waals surface area contributed by atoms with Crippen LogP contribution >= 0.6 is 0 Å². The summed E-state index contributed by atoms with van der Waals surface area (Å²) < 4.78 is 21.6. The number of amides is 2. The van der Waals surface area contributed by atoms with Crippen LogP contribution in [0.3, 0.4) is 0 Å². The Morgan fingerprint density at radius 1 is 0.695 bits per heavy atom. The summed E-state index contributed by atoms with van der Waals surface area (Å²) in [6, 6.07) is 16.5. The van der Waals surface area contributed by atoms with E-state index in [9.17, 15) is 29.4 Å². The summed E-state index contributed by atoms with van der Waals surface area (Å²) in [5.41, 5.74) is 2.58. The number of quaternary nitrogens is 1. The van der Waals surface area contributed by atoms with Gasteiger partial charge in [-0.15, -0.1) is 0 Å². The summed E-state index contributed by atoms with van der Waals surface area (Å²) in [7, 11) is 3.34. The molecule has 0 saturated carbocycles. The molecule has 14 nitrogen and oxygen atoms in total. The van der Waals surface area contributed by atoms with Crippen molar-refractivity contribution in [3.8, 4) is 11.5 Å². The molecule has 2 amide bonds. The fourth-order valence-corrected chi connectivity index (χ4v) is 9.33. The quantitative estimate of drug-likeness (QED) is 0.199. The average Bonchev–Trinajstić information content (AvgIpc) is 4.06. The molecular formula is C45H60N4O10. The molecule has 0 aliphatic carbocycles. The molecular weight excluding hydrogens is 757 g/mol. The minimum absolute atomic E-state index is 0. The highest BCUT2D eigenvalue weighted by Gasteiger charge is 2.53. The SMILES string of the molecule is C.COc1ccc(CCN2CCC(NC(=O)C3C(C(=O)O)[C@H]4C=C[C@@H]3O4)CC2)cc1.COc1ccc(CC[NH+]2CCC(NC(=O)C3C(C(=O)[O-])[C@H]4C=C[C@@H]3O4)CC2)cc1. The van der Waals surface area contributed by atoms with Crippen LogP contribution in [-0.2, 0) is 41.5 Å². The van der Waals surface area contributed by atoms with E-state index < -0.39 is 60.0 Å². The van der Waals surface area contributed by atoms with Crippen molar-refractivity contribution in [1.29, 1.82) is 0 Å². The first-order chi connectivity index (χ1) is 28.1. The molecule has 2 aromatic rings. The lowest BCUT2D eigenvalue weighted by Gasteiger charge is -2.33. The number of carboxylic acid groups (broad SMARTS) is 2. The summed E-state index contributed by atoms with van der Waals surface area (Å²) in [5.74, 6) is -3.83. The molecule has 6 aliphatic heterocycles. The van der Waals surface area contributed by atoms with Crippen LogP contribution in [-0.4, -0.2) is 124 Å². The first-order valence-corrected chi connectivity index (χ1v) is 20.6. The van der Waals surface area contributed by atoms with E-state index in [1.165, 1.54) is 16.0 Å². The van der Waals surface area contributed by atoms with Crippen LogP contribution in [0.5, 0.6) is 11.5 Å². The fourth-order valence-electron chi connectivity index (χ4n) is 9.33. The zero-order valence-corrected chi connectivity index (χ0v) is 33.3. The number of benzene rings is 2. The second kappa shape index (κ2) is 20.0. The zero-order chi connectivity index (χ0) is 40.8. The van der Waals surface area contributed by atoms with Gasteiger partial charge in [0.05, 0.1) is 70.1 Å². The monoisotopic (exact) mass is 816 g/mol. The number of nitrogens with one attached hydrogen (secondary N) is 3. The molecule has 4 bridgehead atoms. The van der Waals surface area contributed by atoms with E-state index in [-0.39, 0.29) is 31.3 Å². The van der Waals surface area contributed by atoms with E-state index in [0.717, 1.165) is 89.3 Å². The second-order valence-corrected chi connectivity index (χ2v) is 16.3. The van der Waals surface area contributed by atoms with Crippen molar-refractivity contribution >= 4 is 23.8 Å². The van der Waals surface area contributed by atoms with Gasteiger partial charge in [-0.1, -0.05) is 56.0 Å². The number of rotatable bonds is 14. The first kappa shape index (κ1) is 43.8. The van der Waals surface area contributed by atoms with Gasteiger partial charge in [0.2, 0.25) is 11.8 Å². The van der Waals surface area contributed by atoms with Crippen molar-refractivity contribution in [1.82, 2.24) is 15.5 Å². The molecule has 2 aromatic carbocycles. The Labute approximate surface area is 346 Å². The Morgan fingerprint density at radius 2 is 1.14 bits per heavy atom. The topological polar surface area (TPSA) is 180 Å². The second-order valence-electron chi connectivity index (χ2n) is 16.3. The van der Waals surface area contributed by atoms with Crippen molar-refractivity contribution in [2.75, 3.05) is 53.5 Å². The number of methoxy groups -OCH3 is 2. The van der Waals surface area contributed by atoms with Gasteiger partial charge in [0.15, 0.2) is 0 Å². The van der Waals surface area contributed by atoms with Crippen LogP contribution in [0.1, 0.15) is 44.2 Å². The number of ether oxygens (including phenoxy) is 4. The Morgan fingerprint density at radius 3 is 1.61 bits per heavy atom. The van der Waals surface area contributed by atoms with Gasteiger partial charge in [-0.2, -0.15) is 0 Å². The molecule has 8 atom stereocenters. The van der Waals surface area contributed by atoms with Gasteiger partial charge in [0.1, 0.15) is 17.4 Å². The molecule has 59 heavy (non-hydrogen) atoms. The van der Waals surface area contributed by atoms with Crippen molar-refractivity contribution < 1.29 is 53.2 Å². The van der Waals surface area contributed by atoms with Crippen LogP contribution in [0.15, 0.2) is 72.8 Å². The highest BCUT2D eigenvalue weighted by molar-refractivity contribution is 5.88. The fraction of sp³-hybridized carbons (Fsp3) is 0.556. The van der Waals surface area contributed by atoms with E-state index in [0.29, 0.717) is 0 Å². The van der Waals surface area contributed by atoms with Crippen molar-refractivity contribution in [2.45, 2.75) is 82.5 Å². The van der Waals surface area contributed by atoms with E-state index >= 15 is 0 Å². The number of carbonyl (C=O) groups is 4. The number of fused-ring (bicyclic) bond motifs is 4. The maximum atomic E-state index is 12.8. The Hall–Kier alpha value is -4.76. The van der Waals surface area contributed by atoms with Crippen LogP contribution in [0.2, 0.25) is 0 Å². The summed E-state index contributed by atoms with van der Waals surface area (Å²) in [5, 5.41) is 27.1. The molecule has 320 valence electrons. The van der Waals surface area contributed by atoms with Crippen molar-refractivity contribution in [2.24, 2.45) is 23.7 Å². The van der Waals surface area contributed by atoms with E-state index in [1.54, 1.807) is 32.4 Å². The molecule has 4 fully saturated rings. The maximum absolute atomic E-state index is 12.8. The minimum Gasteiger partial charge on any atom is -0.550 e. The third-order valence-electron chi connectivity index (χ3n) is 12.7. The zero-order valence-electron chi connectivity index (χ0n) is 33.3. The molecule has 4 saturated heterocycles. The van der Waals surface area contributed by atoms with Gasteiger partial charge in [0.25, 0.3) is 0 Å². The Bertz CT molecular complexity index is 1670. The molecule has 0 spiro atoms. The van der Waals surface area contributed by atoms with Gasteiger partial charge in [-0.3, -0.25) is 14.4 Å². The molecule has 8 rings (SSSR count). The number of nitrogens with zero attached hydrogens (tertiary/aromatic N) is 1. The smallest absolute Gasteiger partial charge is 0.310 e. The third kappa shape index (κ3) is 10.5. The average molecular weight is 817 g/mol. The lowest BCUT2D eigenvalue weighted by atomic mass is 9.82. The van der Waals surface area contributed by atoms with Crippen molar-refractivity contribution in [3.05, 3.63) is 84.0 Å². The van der Waals surface area contributed by atoms with Crippen LogP contribution in [0, 0.1) is 23.7 Å². The molecule has 4 N–H and O–H groups in total. The number of piperidine rings is 2. The van der Waals surface area contributed by atoms with Crippen molar-refractivity contribution in [3.63, 3.8) is 0 Å². The lowest BCUT2D eigenvalue weighted by molar-refractivity contribution is -0.905. The van der Waals surface area contributed by atoms with E-state index in [1.807, 2.05) is 30.3 Å². The first-order valence-electron chi connectivity index (χ1n) is 20.6. The predicted molar refractivity (Wildman–Crippen MR) is 217 cm³/mol. The van der Waals surface area contributed by atoms with Crippen LogP contribution in [0.25, 0.3) is 0 Å². The minimum atomic E-state index is -1.21. The Balaban J connectivity index is 0.000000195. The predicted octanol–water partition coefficient (Wildman–Crippen LogP) is 0.829. The summed E-state index contributed by atoms with van der Waals surface area (Å²) >= 11 is 0. The lowest BCUT2D eigenvalue weighted by Crippen LogP contribution is -3.13. The van der Waals surface area contributed by atoms with Gasteiger partial charge in [0, 0.05) is 62.9 Å². The number of likely N-dealkylation sites (tertiary alicyclic amines) is 2. The standard InChI is InChI=1S/2C22H28N2O5.CH4/c2*1-28-16-4-2-14(3-5-16)8-11-24-12-9-15(10-13-24)23-21(25)19-17-6-7-18(29-17)20(19)22(26)27;/h2*2-7,15,17-20H,8-13H2,1H3,(H,23,25)(H,26,27);1H4/t2*17-,18+,19?,20?;/m00./s1. The number of carbonyl (C=O) groups excluding carboxylic acids is 3.